The van der Waals surface area contributed by atoms with Crippen molar-refractivity contribution in [3.8, 4) is 11.5 Å². The van der Waals surface area contributed by atoms with Crippen LogP contribution < -0.4 is 9.47 Å². The van der Waals surface area contributed by atoms with E-state index in [0.717, 1.165) is 5.56 Å². The van der Waals surface area contributed by atoms with E-state index in [4.69, 9.17) is 9.47 Å². The van der Waals surface area contributed by atoms with Gasteiger partial charge in [0.1, 0.15) is 17.3 Å². The monoisotopic (exact) mass is 457 g/mol. The summed E-state index contributed by atoms with van der Waals surface area (Å²) >= 11 is 0. The smallest absolute Gasteiger partial charge is 0.295 e. The van der Waals surface area contributed by atoms with Crippen LogP contribution in [0.15, 0.2) is 84.4 Å². The molecule has 3 aromatic carbocycles. The van der Waals surface area contributed by atoms with Crippen LogP contribution in [0.4, 0.5) is 0 Å². The molecule has 0 spiro atoms. The maximum absolute atomic E-state index is 13.2. The minimum Gasteiger partial charge on any atom is -0.507 e. The van der Waals surface area contributed by atoms with Crippen molar-refractivity contribution in [2.45, 2.75) is 19.4 Å². The number of Topliss-reactive ketones (excluding diaryl/α,β-unsaturated/α-hetero) is 1. The molecule has 1 fully saturated rings. The van der Waals surface area contributed by atoms with E-state index in [1.165, 1.54) is 4.90 Å². The number of aliphatic hydroxyl groups is 1. The number of amides is 1. The van der Waals surface area contributed by atoms with Crippen LogP contribution in [-0.2, 0) is 16.0 Å². The first-order valence-electron chi connectivity index (χ1n) is 11.2. The predicted octanol–water partition coefficient (Wildman–Crippen LogP) is 4.76. The molecule has 0 radical (unpaired) electrons. The summed E-state index contributed by atoms with van der Waals surface area (Å²) in [7, 11) is 1.56. The van der Waals surface area contributed by atoms with Crippen molar-refractivity contribution in [2.24, 2.45) is 0 Å². The molecular formula is C28H27NO5. The van der Waals surface area contributed by atoms with Gasteiger partial charge in [0.25, 0.3) is 11.7 Å². The Morgan fingerprint density at radius 1 is 0.941 bits per heavy atom. The van der Waals surface area contributed by atoms with Crippen molar-refractivity contribution in [2.75, 3.05) is 20.3 Å². The van der Waals surface area contributed by atoms with E-state index in [1.807, 2.05) is 43.3 Å². The lowest BCUT2D eigenvalue weighted by molar-refractivity contribution is -0.139. The molecule has 1 aliphatic heterocycles. The number of carbonyl (C=O) groups is 2. The molecule has 6 nitrogen and oxygen atoms in total. The van der Waals surface area contributed by atoms with Crippen LogP contribution in [0, 0.1) is 0 Å². The zero-order valence-corrected chi connectivity index (χ0v) is 19.2. The van der Waals surface area contributed by atoms with E-state index in [0.29, 0.717) is 42.2 Å². The quantitative estimate of drug-likeness (QED) is 0.300. The number of ketones is 1. The highest BCUT2D eigenvalue weighted by molar-refractivity contribution is 6.46. The summed E-state index contributed by atoms with van der Waals surface area (Å²) in [5.74, 6) is -0.395. The zero-order chi connectivity index (χ0) is 24.1. The van der Waals surface area contributed by atoms with Crippen LogP contribution in [0.3, 0.4) is 0 Å². The molecule has 6 heteroatoms. The first kappa shape index (κ1) is 23.1. The lowest BCUT2D eigenvalue weighted by Crippen LogP contribution is -2.31. The van der Waals surface area contributed by atoms with Gasteiger partial charge >= 0.3 is 0 Å². The molecule has 1 amide bonds. The summed E-state index contributed by atoms with van der Waals surface area (Å²) in [4.78, 5) is 27.9. The SMILES string of the molecule is CCOc1cccc(C(O)=C2C(=O)C(=O)N(CCc3ccccc3)C2c2cccc(OC)c2)c1. The van der Waals surface area contributed by atoms with Crippen LogP contribution in [0.1, 0.15) is 29.7 Å². The Bertz CT molecular complexity index is 1220. The normalized spacial score (nSPS) is 17.1. The third-order valence-corrected chi connectivity index (χ3v) is 5.85. The van der Waals surface area contributed by atoms with Crippen LogP contribution in [0.25, 0.3) is 5.76 Å². The molecule has 4 rings (SSSR count). The van der Waals surface area contributed by atoms with Crippen LogP contribution >= 0.6 is 0 Å². The van der Waals surface area contributed by atoms with Gasteiger partial charge in [-0.15, -0.1) is 0 Å². The Hall–Kier alpha value is -4.06. The second kappa shape index (κ2) is 10.3. The van der Waals surface area contributed by atoms with Gasteiger partial charge in [0, 0.05) is 12.1 Å². The first-order chi connectivity index (χ1) is 16.5. The maximum Gasteiger partial charge on any atom is 0.295 e. The summed E-state index contributed by atoms with van der Waals surface area (Å²) in [6.07, 6.45) is 0.578. The van der Waals surface area contributed by atoms with Gasteiger partial charge < -0.3 is 19.5 Å². The van der Waals surface area contributed by atoms with Gasteiger partial charge in [0.05, 0.1) is 25.3 Å². The van der Waals surface area contributed by atoms with Gasteiger partial charge in [-0.25, -0.2) is 0 Å². The van der Waals surface area contributed by atoms with Crippen molar-refractivity contribution >= 4 is 17.4 Å². The highest BCUT2D eigenvalue weighted by Crippen LogP contribution is 2.40. The van der Waals surface area contributed by atoms with E-state index in [2.05, 4.69) is 0 Å². The Morgan fingerprint density at radius 2 is 1.68 bits per heavy atom. The molecule has 0 bridgehead atoms. The molecule has 1 unspecified atom stereocenters. The fraction of sp³-hybridized carbons (Fsp3) is 0.214. The lowest BCUT2D eigenvalue weighted by atomic mass is 9.95. The number of carbonyl (C=O) groups excluding carboxylic acids is 2. The summed E-state index contributed by atoms with van der Waals surface area (Å²) in [5, 5.41) is 11.3. The molecule has 1 N–H and O–H groups in total. The molecule has 3 aromatic rings. The average molecular weight is 458 g/mol. The summed E-state index contributed by atoms with van der Waals surface area (Å²) < 4.78 is 10.9. The Labute approximate surface area is 199 Å². The zero-order valence-electron chi connectivity index (χ0n) is 19.2. The number of rotatable bonds is 8. The lowest BCUT2D eigenvalue weighted by Gasteiger charge is -2.25. The third-order valence-electron chi connectivity index (χ3n) is 5.85. The molecule has 34 heavy (non-hydrogen) atoms. The third kappa shape index (κ3) is 4.66. The number of nitrogens with zero attached hydrogens (tertiary/aromatic N) is 1. The van der Waals surface area contributed by atoms with E-state index in [-0.39, 0.29) is 11.3 Å². The second-order valence-electron chi connectivity index (χ2n) is 7.97. The van der Waals surface area contributed by atoms with Crippen molar-refractivity contribution in [3.05, 3.63) is 101 Å². The minimum absolute atomic E-state index is 0.0555. The van der Waals surface area contributed by atoms with Crippen LogP contribution in [-0.4, -0.2) is 42.0 Å². The fourth-order valence-corrected chi connectivity index (χ4v) is 4.22. The molecular weight excluding hydrogens is 430 g/mol. The summed E-state index contributed by atoms with van der Waals surface area (Å²) in [5.41, 5.74) is 2.22. The van der Waals surface area contributed by atoms with Crippen molar-refractivity contribution in [1.29, 1.82) is 0 Å². The molecule has 1 heterocycles. The topological polar surface area (TPSA) is 76.1 Å². The standard InChI is InChI=1S/C28H27NO5/c1-3-34-23-14-8-12-21(18-23)26(30)24-25(20-11-7-13-22(17-20)33-2)29(28(32)27(24)31)16-15-19-9-5-4-6-10-19/h4-14,17-18,25,30H,3,15-16H2,1-2H3. The number of hydrogen-bond acceptors (Lipinski definition) is 5. The number of aliphatic hydroxyl groups excluding tert-OH is 1. The van der Waals surface area contributed by atoms with Crippen molar-refractivity contribution in [1.82, 2.24) is 4.90 Å². The van der Waals surface area contributed by atoms with Gasteiger partial charge in [-0.05, 0) is 48.7 Å². The van der Waals surface area contributed by atoms with Crippen molar-refractivity contribution in [3.63, 3.8) is 0 Å². The number of hydrogen-bond donors (Lipinski definition) is 1. The molecule has 0 aliphatic carbocycles. The maximum atomic E-state index is 13.2. The van der Waals surface area contributed by atoms with E-state index in [1.54, 1.807) is 49.6 Å². The number of benzene rings is 3. The Balaban J connectivity index is 1.80. The molecule has 174 valence electrons. The first-order valence-corrected chi connectivity index (χ1v) is 11.2. The average Bonchev–Trinajstić information content (AvgIpc) is 3.13. The molecule has 0 saturated carbocycles. The summed E-state index contributed by atoms with van der Waals surface area (Å²) in [6.45, 7) is 2.66. The van der Waals surface area contributed by atoms with Gasteiger partial charge in [0.15, 0.2) is 0 Å². The second-order valence-corrected chi connectivity index (χ2v) is 7.97. The number of methoxy groups -OCH3 is 1. The van der Waals surface area contributed by atoms with Gasteiger partial charge in [-0.3, -0.25) is 9.59 Å². The fourth-order valence-electron chi connectivity index (χ4n) is 4.22. The van der Waals surface area contributed by atoms with Crippen LogP contribution in [0.5, 0.6) is 11.5 Å². The summed E-state index contributed by atoms with van der Waals surface area (Å²) in [6, 6.07) is 23.1. The van der Waals surface area contributed by atoms with E-state index in [9.17, 15) is 14.7 Å². The molecule has 1 atom stereocenters. The highest BCUT2D eigenvalue weighted by Gasteiger charge is 2.46. The van der Waals surface area contributed by atoms with Crippen LogP contribution in [0.2, 0.25) is 0 Å². The van der Waals surface area contributed by atoms with E-state index < -0.39 is 17.7 Å². The van der Waals surface area contributed by atoms with Gasteiger partial charge in [0.2, 0.25) is 0 Å². The largest absolute Gasteiger partial charge is 0.507 e. The van der Waals surface area contributed by atoms with E-state index >= 15 is 0 Å². The molecule has 1 aliphatic rings. The van der Waals surface area contributed by atoms with Gasteiger partial charge in [-0.2, -0.15) is 0 Å². The predicted molar refractivity (Wildman–Crippen MR) is 130 cm³/mol. The van der Waals surface area contributed by atoms with Crippen molar-refractivity contribution < 1.29 is 24.2 Å². The Morgan fingerprint density at radius 3 is 2.41 bits per heavy atom. The number of likely N-dealkylation sites (tertiary alicyclic amines) is 1. The minimum atomic E-state index is -0.741. The molecule has 0 aromatic heterocycles. The van der Waals surface area contributed by atoms with Gasteiger partial charge in [-0.1, -0.05) is 54.6 Å². The highest BCUT2D eigenvalue weighted by atomic mass is 16.5. The Kier molecular flexibility index (Phi) is 6.97. The molecule has 1 saturated heterocycles. The number of ether oxygens (including phenoxy) is 2.